The van der Waals surface area contributed by atoms with E-state index in [9.17, 15) is 14.4 Å². The first-order chi connectivity index (χ1) is 14.4. The van der Waals surface area contributed by atoms with Gasteiger partial charge in [0.2, 0.25) is 5.91 Å². The maximum atomic E-state index is 12.7. The van der Waals surface area contributed by atoms with Gasteiger partial charge in [-0.15, -0.1) is 0 Å². The van der Waals surface area contributed by atoms with Gasteiger partial charge >= 0.3 is 6.03 Å². The number of nitrogens with zero attached hydrogens (tertiary/aromatic N) is 1. The zero-order valence-corrected chi connectivity index (χ0v) is 17.4. The summed E-state index contributed by atoms with van der Waals surface area (Å²) in [6.45, 7) is 5.48. The molecular weight excluding hydrogens is 380 g/mol. The number of hydrogen-bond acceptors (Lipinski definition) is 3. The van der Waals surface area contributed by atoms with E-state index in [0.717, 1.165) is 24.1 Å². The van der Waals surface area contributed by atoms with E-state index >= 15 is 0 Å². The molecule has 7 nitrogen and oxygen atoms in total. The van der Waals surface area contributed by atoms with Crippen molar-refractivity contribution in [3.05, 3.63) is 65.2 Å². The second kappa shape index (κ2) is 9.91. The Balaban J connectivity index is 1.61. The molecule has 0 radical (unpaired) electrons. The summed E-state index contributed by atoms with van der Waals surface area (Å²) in [4.78, 5) is 38.4. The highest BCUT2D eigenvalue weighted by atomic mass is 16.2. The Bertz CT molecular complexity index is 926. The maximum Gasteiger partial charge on any atom is 0.319 e. The third-order valence-electron chi connectivity index (χ3n) is 4.83. The fourth-order valence-electron chi connectivity index (χ4n) is 3.42. The third-order valence-corrected chi connectivity index (χ3v) is 4.83. The average molecular weight is 409 g/mol. The number of carbonyl (C=O) groups excluding carboxylic acids is 3. The van der Waals surface area contributed by atoms with Crippen LogP contribution in [0.2, 0.25) is 0 Å². The monoisotopic (exact) mass is 408 g/mol. The molecular formula is C23H28N4O3. The minimum absolute atomic E-state index is 0.00545. The van der Waals surface area contributed by atoms with E-state index in [2.05, 4.69) is 16.0 Å². The highest BCUT2D eigenvalue weighted by Gasteiger charge is 2.20. The number of amides is 4. The van der Waals surface area contributed by atoms with Crippen molar-refractivity contribution in [1.29, 1.82) is 0 Å². The second-order valence-corrected chi connectivity index (χ2v) is 7.72. The zero-order valence-electron chi connectivity index (χ0n) is 17.4. The van der Waals surface area contributed by atoms with Gasteiger partial charge in [0.15, 0.2) is 0 Å². The number of carbonyl (C=O) groups is 3. The highest BCUT2D eigenvalue weighted by Crippen LogP contribution is 2.17. The van der Waals surface area contributed by atoms with Crippen LogP contribution in [-0.4, -0.2) is 35.3 Å². The minimum atomic E-state index is -0.352. The lowest BCUT2D eigenvalue weighted by atomic mass is 10.1. The zero-order chi connectivity index (χ0) is 21.5. The molecule has 2 aromatic rings. The van der Waals surface area contributed by atoms with Crippen LogP contribution in [-0.2, 0) is 17.9 Å². The van der Waals surface area contributed by atoms with E-state index in [-0.39, 0.29) is 23.9 Å². The lowest BCUT2D eigenvalue weighted by molar-refractivity contribution is -0.128. The van der Waals surface area contributed by atoms with Crippen LogP contribution in [0.1, 0.15) is 48.2 Å². The van der Waals surface area contributed by atoms with E-state index in [1.807, 2.05) is 43.0 Å². The number of urea groups is 1. The van der Waals surface area contributed by atoms with E-state index in [1.54, 1.807) is 24.3 Å². The Morgan fingerprint density at radius 3 is 2.57 bits per heavy atom. The summed E-state index contributed by atoms with van der Waals surface area (Å²) in [6, 6.07) is 14.4. The van der Waals surface area contributed by atoms with Crippen molar-refractivity contribution in [3.63, 3.8) is 0 Å². The van der Waals surface area contributed by atoms with Gasteiger partial charge in [0, 0.05) is 32.1 Å². The summed E-state index contributed by atoms with van der Waals surface area (Å²) in [6.07, 6.45) is 1.54. The van der Waals surface area contributed by atoms with Gasteiger partial charge in [0.05, 0.1) is 11.3 Å². The predicted octanol–water partition coefficient (Wildman–Crippen LogP) is 3.27. The smallest absolute Gasteiger partial charge is 0.319 e. The van der Waals surface area contributed by atoms with Crippen molar-refractivity contribution in [3.8, 4) is 0 Å². The van der Waals surface area contributed by atoms with Crippen LogP contribution in [0.15, 0.2) is 48.5 Å². The van der Waals surface area contributed by atoms with E-state index < -0.39 is 0 Å². The van der Waals surface area contributed by atoms with Gasteiger partial charge < -0.3 is 20.9 Å². The van der Waals surface area contributed by atoms with Gasteiger partial charge in [-0.3, -0.25) is 9.59 Å². The molecule has 0 atom stereocenters. The topological polar surface area (TPSA) is 90.5 Å². The standard InChI is InChI=1S/C23H28N4O3/c1-16(2)25-23(30)26-20-10-4-3-9-19(20)22(29)24-14-17-7-5-8-18(13-17)15-27-12-6-11-21(27)28/h3-5,7-10,13,16H,6,11-12,14-15H2,1-2H3,(H,24,29)(H2,25,26,30). The second-order valence-electron chi connectivity index (χ2n) is 7.72. The molecule has 30 heavy (non-hydrogen) atoms. The van der Waals surface area contributed by atoms with Crippen molar-refractivity contribution in [2.45, 2.75) is 45.8 Å². The van der Waals surface area contributed by atoms with Crippen LogP contribution in [0.5, 0.6) is 0 Å². The number of likely N-dealkylation sites (tertiary alicyclic amines) is 1. The van der Waals surface area contributed by atoms with Crippen molar-refractivity contribution >= 4 is 23.5 Å². The molecule has 0 bridgehead atoms. The van der Waals surface area contributed by atoms with Gasteiger partial charge in [-0.1, -0.05) is 36.4 Å². The molecule has 1 fully saturated rings. The fourth-order valence-corrected chi connectivity index (χ4v) is 3.42. The van der Waals surface area contributed by atoms with Crippen molar-refractivity contribution in [2.24, 2.45) is 0 Å². The van der Waals surface area contributed by atoms with Crippen LogP contribution in [0.25, 0.3) is 0 Å². The highest BCUT2D eigenvalue weighted by molar-refractivity contribution is 6.03. The molecule has 2 aromatic carbocycles. The molecule has 1 aliphatic heterocycles. The Hall–Kier alpha value is -3.35. The molecule has 1 saturated heterocycles. The van der Waals surface area contributed by atoms with Gasteiger partial charge in [0.1, 0.15) is 0 Å². The van der Waals surface area contributed by atoms with Crippen LogP contribution in [0, 0.1) is 0 Å². The lowest BCUT2D eigenvalue weighted by Gasteiger charge is -2.16. The molecule has 0 aliphatic carbocycles. The minimum Gasteiger partial charge on any atom is -0.348 e. The number of nitrogens with one attached hydrogen (secondary N) is 3. The number of hydrogen-bond donors (Lipinski definition) is 3. The summed E-state index contributed by atoms with van der Waals surface area (Å²) in [5.74, 6) is -0.0742. The summed E-state index contributed by atoms with van der Waals surface area (Å²) in [7, 11) is 0. The normalized spacial score (nSPS) is 13.4. The molecule has 3 rings (SSSR count). The molecule has 158 valence electrons. The summed E-state index contributed by atoms with van der Waals surface area (Å²) < 4.78 is 0. The van der Waals surface area contributed by atoms with Crippen molar-refractivity contribution < 1.29 is 14.4 Å². The number of para-hydroxylation sites is 1. The molecule has 0 aromatic heterocycles. The predicted molar refractivity (Wildman–Crippen MR) is 116 cm³/mol. The van der Waals surface area contributed by atoms with Gasteiger partial charge in [0.25, 0.3) is 5.91 Å². The molecule has 0 unspecified atom stereocenters. The van der Waals surface area contributed by atoms with Crippen molar-refractivity contribution in [1.82, 2.24) is 15.5 Å². The first-order valence-corrected chi connectivity index (χ1v) is 10.2. The molecule has 7 heteroatoms. The van der Waals surface area contributed by atoms with E-state index in [4.69, 9.17) is 0 Å². The maximum absolute atomic E-state index is 12.7. The number of benzene rings is 2. The lowest BCUT2D eigenvalue weighted by Crippen LogP contribution is -2.35. The van der Waals surface area contributed by atoms with E-state index in [1.165, 1.54) is 0 Å². The Morgan fingerprint density at radius 1 is 1.07 bits per heavy atom. The van der Waals surface area contributed by atoms with E-state index in [0.29, 0.717) is 30.8 Å². The Kier molecular flexibility index (Phi) is 7.06. The first kappa shape index (κ1) is 21.4. The van der Waals surface area contributed by atoms with Crippen LogP contribution < -0.4 is 16.0 Å². The fraction of sp³-hybridized carbons (Fsp3) is 0.348. The van der Waals surface area contributed by atoms with Crippen LogP contribution in [0.3, 0.4) is 0 Å². The van der Waals surface area contributed by atoms with Crippen molar-refractivity contribution in [2.75, 3.05) is 11.9 Å². The first-order valence-electron chi connectivity index (χ1n) is 10.2. The Labute approximate surface area is 176 Å². The number of rotatable bonds is 7. The third kappa shape index (κ3) is 5.83. The molecule has 0 spiro atoms. The summed E-state index contributed by atoms with van der Waals surface area (Å²) in [5, 5.41) is 8.38. The molecule has 1 heterocycles. The van der Waals surface area contributed by atoms with Gasteiger partial charge in [-0.05, 0) is 43.5 Å². The summed E-state index contributed by atoms with van der Waals surface area (Å²) >= 11 is 0. The quantitative estimate of drug-likeness (QED) is 0.657. The molecule has 4 amide bonds. The largest absolute Gasteiger partial charge is 0.348 e. The van der Waals surface area contributed by atoms with Crippen LogP contribution in [0.4, 0.5) is 10.5 Å². The number of anilines is 1. The SMILES string of the molecule is CC(C)NC(=O)Nc1ccccc1C(=O)NCc1cccc(CN2CCCC2=O)c1. The molecule has 1 aliphatic rings. The average Bonchev–Trinajstić information content (AvgIpc) is 3.10. The van der Waals surface area contributed by atoms with Gasteiger partial charge in [-0.25, -0.2) is 4.79 Å². The Morgan fingerprint density at radius 2 is 1.83 bits per heavy atom. The van der Waals surface area contributed by atoms with Gasteiger partial charge in [-0.2, -0.15) is 0 Å². The molecule has 3 N–H and O–H groups in total. The molecule has 0 saturated carbocycles. The van der Waals surface area contributed by atoms with Crippen LogP contribution >= 0.6 is 0 Å². The summed E-state index contributed by atoms with van der Waals surface area (Å²) in [5.41, 5.74) is 2.85.